The molecule has 2 saturated carbocycles. The van der Waals surface area contributed by atoms with Crippen LogP contribution in [0.1, 0.15) is 193 Å². The molecule has 0 amide bonds. The number of carbonyl (C=O) groups excluding carboxylic acids is 2. The molecule has 4 rings (SSSR count). The van der Waals surface area contributed by atoms with E-state index < -0.39 is 0 Å². The van der Waals surface area contributed by atoms with Gasteiger partial charge in [-0.25, -0.2) is 0 Å². The van der Waals surface area contributed by atoms with Crippen LogP contribution in [0.4, 0.5) is 0 Å². The minimum absolute atomic E-state index is 0.0183. The number of carbonyl (C=O) groups is 2. The van der Waals surface area contributed by atoms with Crippen LogP contribution < -0.4 is 0 Å². The molecule has 8 heteroatoms. The Morgan fingerprint density at radius 2 is 0.962 bits per heavy atom. The maximum atomic E-state index is 12.6. The molecule has 0 radical (unpaired) electrons. The third-order valence-electron chi connectivity index (χ3n) is 12.3. The molecule has 0 spiro atoms. The van der Waals surface area contributed by atoms with E-state index in [9.17, 15) is 9.59 Å². The maximum absolute atomic E-state index is 12.6. The molecule has 4 fully saturated rings. The van der Waals surface area contributed by atoms with Crippen LogP contribution in [-0.2, 0) is 28.7 Å². The van der Waals surface area contributed by atoms with Gasteiger partial charge in [0.1, 0.15) is 12.2 Å². The zero-order valence-electron chi connectivity index (χ0n) is 36.6. The van der Waals surface area contributed by atoms with Gasteiger partial charge in [0.15, 0.2) is 0 Å². The summed E-state index contributed by atoms with van der Waals surface area (Å²) in [6.07, 6.45) is 19.4. The van der Waals surface area contributed by atoms with Crippen LogP contribution in [0.2, 0.25) is 0 Å². The Morgan fingerprint density at radius 3 is 1.26 bits per heavy atom. The number of piperidine rings is 2. The summed E-state index contributed by atoms with van der Waals surface area (Å²) in [4.78, 5) is 37.5. The van der Waals surface area contributed by atoms with Crippen LogP contribution >= 0.6 is 0 Å². The van der Waals surface area contributed by atoms with Crippen molar-refractivity contribution in [1.82, 2.24) is 10.1 Å². The summed E-state index contributed by atoms with van der Waals surface area (Å²) in [6.45, 7) is 31.2. The molecule has 0 N–H and O–H groups in total. The molecule has 8 nitrogen and oxygen atoms in total. The molecule has 0 bridgehead atoms. The van der Waals surface area contributed by atoms with E-state index in [1.165, 1.54) is 64.2 Å². The van der Waals surface area contributed by atoms with Crippen LogP contribution in [0.3, 0.4) is 0 Å². The first-order chi connectivity index (χ1) is 24.6. The lowest BCUT2D eigenvalue weighted by Gasteiger charge is -2.54. The summed E-state index contributed by atoms with van der Waals surface area (Å²) >= 11 is 0. The van der Waals surface area contributed by atoms with Gasteiger partial charge in [0.2, 0.25) is 0 Å². The monoisotopic (exact) mass is 747 g/mol. The quantitative estimate of drug-likeness (QED) is 0.136. The molecule has 2 aliphatic carbocycles. The first-order valence-electron chi connectivity index (χ1n) is 21.5. The molecule has 308 valence electrons. The normalized spacial score (nSPS) is 29.3. The van der Waals surface area contributed by atoms with Crippen molar-refractivity contribution in [2.45, 2.75) is 239 Å². The Kier molecular flexibility index (Phi) is 17.0. The Hall–Kier alpha value is -1.48. The molecule has 2 aliphatic heterocycles. The SMILES string of the molecule is C=CC1CCC(C2CCC(CCC)CC2)CC1.CC(C)ON1C(C)(C)CC(OC(=O)CCC(=O)OC2CC(C)(C)N(OC(C)C)C(C)(C)C2)CC1(C)C. The second-order valence-electron chi connectivity index (χ2n) is 20.2. The summed E-state index contributed by atoms with van der Waals surface area (Å²) in [7, 11) is 0. The highest BCUT2D eigenvalue weighted by Crippen LogP contribution is 2.44. The lowest BCUT2D eigenvalue weighted by Crippen LogP contribution is -2.62. The van der Waals surface area contributed by atoms with Crippen molar-refractivity contribution >= 4 is 11.9 Å². The average molecular weight is 747 g/mol. The van der Waals surface area contributed by atoms with Crippen molar-refractivity contribution in [2.24, 2.45) is 23.7 Å². The van der Waals surface area contributed by atoms with Gasteiger partial charge in [0.25, 0.3) is 0 Å². The first-order valence-corrected chi connectivity index (χ1v) is 21.5. The van der Waals surface area contributed by atoms with E-state index in [-0.39, 0.29) is 71.4 Å². The van der Waals surface area contributed by atoms with E-state index >= 15 is 0 Å². The first kappa shape index (κ1) is 45.9. The number of hydroxylamine groups is 4. The van der Waals surface area contributed by atoms with Crippen molar-refractivity contribution in [3.05, 3.63) is 12.7 Å². The van der Waals surface area contributed by atoms with Crippen molar-refractivity contribution in [1.29, 1.82) is 0 Å². The second-order valence-corrected chi connectivity index (χ2v) is 20.2. The summed E-state index contributed by atoms with van der Waals surface area (Å²) in [6, 6.07) is 0. The molecule has 4 aliphatic rings. The van der Waals surface area contributed by atoms with Gasteiger partial charge in [0, 0.05) is 47.8 Å². The minimum atomic E-state index is -0.359. The van der Waals surface area contributed by atoms with E-state index in [2.05, 4.69) is 75.0 Å². The highest BCUT2D eigenvalue weighted by molar-refractivity contribution is 5.77. The topological polar surface area (TPSA) is 77.5 Å². The van der Waals surface area contributed by atoms with E-state index in [0.29, 0.717) is 25.7 Å². The van der Waals surface area contributed by atoms with E-state index in [4.69, 9.17) is 19.1 Å². The number of rotatable bonds is 13. The lowest BCUT2D eigenvalue weighted by molar-refractivity contribution is -0.309. The van der Waals surface area contributed by atoms with Gasteiger partial charge in [0.05, 0.1) is 25.0 Å². The maximum Gasteiger partial charge on any atom is 0.306 e. The summed E-state index contributed by atoms with van der Waals surface area (Å²) in [5.41, 5.74) is -1.15. The Bertz CT molecular complexity index is 1050. The fourth-order valence-electron chi connectivity index (χ4n) is 10.4. The molecule has 2 saturated heterocycles. The van der Waals surface area contributed by atoms with Crippen molar-refractivity contribution in [3.8, 4) is 0 Å². The highest BCUT2D eigenvalue weighted by Gasteiger charge is 2.49. The predicted molar refractivity (Wildman–Crippen MR) is 216 cm³/mol. The Balaban J connectivity index is 0.000000368. The summed E-state index contributed by atoms with van der Waals surface area (Å²) < 4.78 is 11.6. The van der Waals surface area contributed by atoms with E-state index in [1.54, 1.807) is 0 Å². The largest absolute Gasteiger partial charge is 0.462 e. The van der Waals surface area contributed by atoms with Crippen LogP contribution in [-0.4, -0.2) is 68.6 Å². The average Bonchev–Trinajstić information content (AvgIpc) is 3.04. The van der Waals surface area contributed by atoms with Gasteiger partial charge in [-0.2, -0.15) is 10.1 Å². The fourth-order valence-corrected chi connectivity index (χ4v) is 10.4. The van der Waals surface area contributed by atoms with Gasteiger partial charge >= 0.3 is 11.9 Å². The third-order valence-corrected chi connectivity index (χ3v) is 12.3. The van der Waals surface area contributed by atoms with Gasteiger partial charge in [-0.3, -0.25) is 19.3 Å². The number of hydrogen-bond donors (Lipinski definition) is 0. The zero-order valence-corrected chi connectivity index (χ0v) is 36.6. The molecule has 0 unspecified atom stereocenters. The van der Waals surface area contributed by atoms with Crippen molar-refractivity contribution in [2.75, 3.05) is 0 Å². The zero-order chi connectivity index (χ0) is 39.8. The van der Waals surface area contributed by atoms with Gasteiger partial charge in [-0.1, -0.05) is 38.7 Å². The summed E-state index contributed by atoms with van der Waals surface area (Å²) in [5.74, 6) is 3.33. The van der Waals surface area contributed by atoms with Gasteiger partial charge in [-0.15, -0.1) is 6.58 Å². The fraction of sp³-hybridized carbons (Fsp3) is 0.911. The van der Waals surface area contributed by atoms with Crippen LogP contribution in [0.5, 0.6) is 0 Å². The van der Waals surface area contributed by atoms with Crippen LogP contribution in [0.25, 0.3) is 0 Å². The predicted octanol–water partition coefficient (Wildman–Crippen LogP) is 11.2. The minimum Gasteiger partial charge on any atom is -0.462 e. The molecular weight excluding hydrogens is 665 g/mol. The molecule has 0 aromatic rings. The van der Waals surface area contributed by atoms with Gasteiger partial charge in [-0.05, 0) is 145 Å². The lowest BCUT2D eigenvalue weighted by atomic mass is 9.69. The number of esters is 2. The smallest absolute Gasteiger partial charge is 0.306 e. The third kappa shape index (κ3) is 13.9. The molecule has 53 heavy (non-hydrogen) atoms. The summed E-state index contributed by atoms with van der Waals surface area (Å²) in [5, 5.41) is 4.10. The number of nitrogens with zero attached hydrogens (tertiary/aromatic N) is 2. The number of hydrogen-bond acceptors (Lipinski definition) is 8. The number of allylic oxidation sites excluding steroid dienone is 1. The van der Waals surface area contributed by atoms with E-state index in [0.717, 1.165) is 23.7 Å². The van der Waals surface area contributed by atoms with Crippen LogP contribution in [0.15, 0.2) is 12.7 Å². The number of ether oxygens (including phenoxy) is 2. The van der Waals surface area contributed by atoms with Crippen molar-refractivity contribution < 1.29 is 28.7 Å². The molecular formula is C45H82N2O6. The van der Waals surface area contributed by atoms with Crippen LogP contribution in [0, 0.1) is 23.7 Å². The highest BCUT2D eigenvalue weighted by atomic mass is 16.7. The standard InChI is InChI=1S/C28H52N2O6.C17H30/c1-19(2)35-29-25(5,6)15-21(16-26(29,7)8)33-23(31)13-14-24(32)34-22-17-27(9,10)30(36-20(3)4)28(11,12)18-22;1-3-5-15-8-12-17(13-9-15)16-10-6-14(4-2)7-11-16/h19-22H,13-18H2,1-12H3;4,14-17H,2-3,5-13H2,1H3. The van der Waals surface area contributed by atoms with E-state index in [1.807, 2.05) is 37.8 Å². The molecule has 0 aromatic carbocycles. The molecule has 0 aromatic heterocycles. The van der Waals surface area contributed by atoms with Gasteiger partial charge < -0.3 is 9.47 Å². The molecule has 2 heterocycles. The Morgan fingerprint density at radius 1 is 0.623 bits per heavy atom. The second kappa shape index (κ2) is 19.6. The molecule has 0 atom stereocenters. The van der Waals surface area contributed by atoms with Crippen molar-refractivity contribution in [3.63, 3.8) is 0 Å². The Labute approximate surface area is 325 Å².